The number of anilines is 1. The van der Waals surface area contributed by atoms with Gasteiger partial charge in [-0.1, -0.05) is 59.9 Å². The van der Waals surface area contributed by atoms with Crippen LogP contribution in [0.15, 0.2) is 58.4 Å². The second kappa shape index (κ2) is 9.11. The molecule has 5 rings (SSSR count). The average molecular weight is 477 g/mol. The first-order chi connectivity index (χ1) is 16.0. The number of carbonyl (C=O) groups excluding carboxylic acids is 1. The Morgan fingerprint density at radius 3 is 2.58 bits per heavy atom. The van der Waals surface area contributed by atoms with Gasteiger partial charge in [0.05, 0.1) is 17.0 Å². The number of thioether (sulfide) groups is 1. The zero-order valence-electron chi connectivity index (χ0n) is 18.4. The maximum absolute atomic E-state index is 13.5. The van der Waals surface area contributed by atoms with E-state index in [4.69, 9.17) is 17.2 Å². The Kier molecular flexibility index (Phi) is 6.03. The zero-order chi connectivity index (χ0) is 22.9. The smallest absolute Gasteiger partial charge is 0.267 e. The van der Waals surface area contributed by atoms with E-state index in [9.17, 15) is 9.59 Å². The van der Waals surface area contributed by atoms with Gasteiger partial charge < -0.3 is 4.90 Å². The van der Waals surface area contributed by atoms with Crippen LogP contribution in [0.2, 0.25) is 0 Å². The first-order valence-corrected chi connectivity index (χ1v) is 12.3. The summed E-state index contributed by atoms with van der Waals surface area (Å²) >= 11 is 6.76. The minimum atomic E-state index is -0.176. The van der Waals surface area contributed by atoms with Gasteiger partial charge in [-0.05, 0) is 50.0 Å². The Hall–Kier alpha value is -2.97. The second-order valence-electron chi connectivity index (χ2n) is 8.38. The Balaban J connectivity index is 1.54. The Bertz CT molecular complexity index is 1320. The molecule has 0 N–H and O–H groups in total. The molecule has 2 saturated heterocycles. The zero-order valence-corrected chi connectivity index (χ0v) is 20.0. The van der Waals surface area contributed by atoms with Gasteiger partial charge in [-0.15, -0.1) is 0 Å². The van der Waals surface area contributed by atoms with Crippen molar-refractivity contribution < 1.29 is 4.79 Å². The number of hydrogen-bond donors (Lipinski definition) is 0. The first kappa shape index (κ1) is 21.9. The molecular weight excluding hydrogens is 452 g/mol. The lowest BCUT2D eigenvalue weighted by Gasteiger charge is -2.29. The fraction of sp³-hybridized carbons (Fsp3) is 0.280. The molecule has 0 aliphatic carbocycles. The lowest BCUT2D eigenvalue weighted by molar-refractivity contribution is -0.122. The number of thiocarbonyl (C=S) groups is 1. The van der Waals surface area contributed by atoms with E-state index in [1.165, 1.54) is 28.1 Å². The number of carbonyl (C=O) groups is 1. The Morgan fingerprint density at radius 1 is 1.06 bits per heavy atom. The molecular formula is C25H24N4O2S2. The van der Waals surface area contributed by atoms with Gasteiger partial charge >= 0.3 is 0 Å². The van der Waals surface area contributed by atoms with Gasteiger partial charge in [0.1, 0.15) is 15.8 Å². The predicted molar refractivity (Wildman–Crippen MR) is 137 cm³/mol. The summed E-state index contributed by atoms with van der Waals surface area (Å²) in [6, 6.07) is 13.6. The number of fused-ring (bicyclic) bond motifs is 1. The third-order valence-electron chi connectivity index (χ3n) is 6.01. The van der Waals surface area contributed by atoms with Crippen molar-refractivity contribution >= 4 is 51.7 Å². The lowest BCUT2D eigenvalue weighted by Crippen LogP contribution is -2.33. The van der Waals surface area contributed by atoms with Crippen molar-refractivity contribution in [3.63, 3.8) is 0 Å². The molecule has 0 unspecified atom stereocenters. The molecule has 168 valence electrons. The van der Waals surface area contributed by atoms with Crippen LogP contribution in [-0.2, 0) is 11.3 Å². The number of nitrogens with zero attached hydrogens (tertiary/aromatic N) is 4. The second-order valence-corrected chi connectivity index (χ2v) is 10.1. The molecule has 3 aromatic rings. The fourth-order valence-electron chi connectivity index (χ4n) is 4.21. The Morgan fingerprint density at radius 2 is 1.82 bits per heavy atom. The van der Waals surface area contributed by atoms with Crippen LogP contribution < -0.4 is 10.5 Å². The number of hydrogen-bond acceptors (Lipinski definition) is 6. The van der Waals surface area contributed by atoms with Crippen LogP contribution in [0.4, 0.5) is 5.82 Å². The van der Waals surface area contributed by atoms with Crippen LogP contribution in [0.25, 0.3) is 11.7 Å². The van der Waals surface area contributed by atoms with E-state index < -0.39 is 0 Å². The van der Waals surface area contributed by atoms with Gasteiger partial charge in [0.15, 0.2) is 0 Å². The number of aromatic nitrogens is 2. The van der Waals surface area contributed by atoms with Gasteiger partial charge in [-0.25, -0.2) is 4.98 Å². The minimum absolute atomic E-state index is 0.173. The largest absolute Gasteiger partial charge is 0.356 e. The summed E-state index contributed by atoms with van der Waals surface area (Å²) in [7, 11) is 0. The van der Waals surface area contributed by atoms with E-state index in [0.29, 0.717) is 32.8 Å². The van der Waals surface area contributed by atoms with Crippen LogP contribution >= 0.6 is 24.0 Å². The normalized spacial score (nSPS) is 18.0. The number of aryl methyl sites for hydroxylation is 1. The van der Waals surface area contributed by atoms with Crippen LogP contribution in [0, 0.1) is 6.92 Å². The maximum atomic E-state index is 13.5. The van der Waals surface area contributed by atoms with Crippen molar-refractivity contribution in [3.05, 3.63) is 80.6 Å². The fourth-order valence-corrected chi connectivity index (χ4v) is 5.44. The molecule has 2 aromatic heterocycles. The highest BCUT2D eigenvalue weighted by molar-refractivity contribution is 8.26. The quantitative estimate of drug-likeness (QED) is 0.411. The number of amides is 1. The topological polar surface area (TPSA) is 57.9 Å². The van der Waals surface area contributed by atoms with E-state index in [1.807, 2.05) is 49.4 Å². The molecule has 2 fully saturated rings. The van der Waals surface area contributed by atoms with Crippen LogP contribution in [-0.4, -0.2) is 37.6 Å². The monoisotopic (exact) mass is 476 g/mol. The predicted octanol–water partition coefficient (Wildman–Crippen LogP) is 4.39. The molecule has 6 nitrogen and oxygen atoms in total. The molecule has 0 atom stereocenters. The molecule has 0 saturated carbocycles. The summed E-state index contributed by atoms with van der Waals surface area (Å²) in [5, 5.41) is 0. The summed E-state index contributed by atoms with van der Waals surface area (Å²) in [4.78, 5) is 35.8. The van der Waals surface area contributed by atoms with E-state index >= 15 is 0 Å². The van der Waals surface area contributed by atoms with E-state index in [-0.39, 0.29) is 11.5 Å². The standard InChI is InChI=1S/C25H24N4O2S2/c1-17-8-10-18(11-9-17)16-29-24(31)20(33-25(29)32)15-19-22(27-12-4-2-5-13-27)26-21-7-3-6-14-28(21)23(19)30/h3,6-11,14-15H,2,4-5,12-13,16H2,1H3. The maximum Gasteiger partial charge on any atom is 0.267 e. The molecule has 1 amide bonds. The average Bonchev–Trinajstić information content (AvgIpc) is 3.10. The molecule has 2 aliphatic rings. The van der Waals surface area contributed by atoms with E-state index in [0.717, 1.165) is 31.5 Å². The van der Waals surface area contributed by atoms with Crippen molar-refractivity contribution in [3.8, 4) is 0 Å². The summed E-state index contributed by atoms with van der Waals surface area (Å²) < 4.78 is 2.03. The SMILES string of the molecule is Cc1ccc(CN2C(=O)C(=Cc3c(N4CCCCC4)nc4ccccn4c3=O)SC2=S)cc1. The molecule has 0 bridgehead atoms. The third-order valence-corrected chi connectivity index (χ3v) is 7.39. The highest BCUT2D eigenvalue weighted by atomic mass is 32.2. The van der Waals surface area contributed by atoms with Crippen LogP contribution in [0.3, 0.4) is 0 Å². The number of rotatable bonds is 4. The van der Waals surface area contributed by atoms with Gasteiger partial charge in [0.25, 0.3) is 11.5 Å². The third kappa shape index (κ3) is 4.32. The number of piperidine rings is 1. The highest BCUT2D eigenvalue weighted by Crippen LogP contribution is 2.34. The van der Waals surface area contributed by atoms with Crippen molar-refractivity contribution in [2.75, 3.05) is 18.0 Å². The van der Waals surface area contributed by atoms with Gasteiger partial charge in [0.2, 0.25) is 0 Å². The van der Waals surface area contributed by atoms with Gasteiger partial charge in [-0.3, -0.25) is 18.9 Å². The molecule has 33 heavy (non-hydrogen) atoms. The van der Waals surface area contributed by atoms with Crippen LogP contribution in [0.5, 0.6) is 0 Å². The molecule has 2 aliphatic heterocycles. The van der Waals surface area contributed by atoms with Crippen molar-refractivity contribution in [2.45, 2.75) is 32.7 Å². The van der Waals surface area contributed by atoms with E-state index in [1.54, 1.807) is 17.2 Å². The van der Waals surface area contributed by atoms with Crippen molar-refractivity contribution in [1.29, 1.82) is 0 Å². The minimum Gasteiger partial charge on any atom is -0.356 e. The van der Waals surface area contributed by atoms with Crippen molar-refractivity contribution in [2.24, 2.45) is 0 Å². The van der Waals surface area contributed by atoms with E-state index in [2.05, 4.69) is 4.90 Å². The molecule has 1 aromatic carbocycles. The lowest BCUT2D eigenvalue weighted by atomic mass is 10.1. The highest BCUT2D eigenvalue weighted by Gasteiger charge is 2.33. The summed E-state index contributed by atoms with van der Waals surface area (Å²) in [5.74, 6) is 0.474. The Labute approximate surface area is 201 Å². The number of pyridine rings is 1. The number of benzene rings is 1. The molecule has 0 radical (unpaired) electrons. The molecule has 8 heteroatoms. The summed E-state index contributed by atoms with van der Waals surface area (Å²) in [6.07, 6.45) is 6.70. The van der Waals surface area contributed by atoms with Gasteiger partial charge in [-0.2, -0.15) is 0 Å². The molecule has 4 heterocycles. The first-order valence-electron chi connectivity index (χ1n) is 11.1. The molecule has 0 spiro atoms. The van der Waals surface area contributed by atoms with Gasteiger partial charge in [0, 0.05) is 19.3 Å². The van der Waals surface area contributed by atoms with Crippen LogP contribution in [0.1, 0.15) is 36.0 Å². The summed E-state index contributed by atoms with van der Waals surface area (Å²) in [5.41, 5.74) is 3.05. The van der Waals surface area contributed by atoms with Crippen molar-refractivity contribution in [1.82, 2.24) is 14.3 Å². The summed E-state index contributed by atoms with van der Waals surface area (Å²) in [6.45, 7) is 4.15.